The van der Waals surface area contributed by atoms with Crippen LogP contribution in [0.4, 0.5) is 24.5 Å². The van der Waals surface area contributed by atoms with Gasteiger partial charge in [-0.15, -0.1) is 0 Å². The molecule has 40 heavy (non-hydrogen) atoms. The van der Waals surface area contributed by atoms with Crippen molar-refractivity contribution in [2.24, 2.45) is 5.73 Å². The number of halogens is 3. The first-order valence-corrected chi connectivity index (χ1v) is 13.3. The lowest BCUT2D eigenvalue weighted by atomic mass is 9.67. The number of fused-ring (bicyclic) bond motifs is 2. The number of aromatic nitrogens is 1. The van der Waals surface area contributed by atoms with Gasteiger partial charge in [-0.05, 0) is 67.3 Å². The van der Waals surface area contributed by atoms with Crippen molar-refractivity contribution in [2.45, 2.75) is 37.8 Å². The molecule has 5 rings (SSSR count). The molecule has 10 heteroatoms. The molecule has 1 amide bonds. The molecule has 2 aliphatic rings. The molecule has 1 spiro atoms. The van der Waals surface area contributed by atoms with Crippen LogP contribution in [0.5, 0.6) is 5.88 Å². The van der Waals surface area contributed by atoms with Gasteiger partial charge >= 0.3 is 6.18 Å². The summed E-state index contributed by atoms with van der Waals surface area (Å²) < 4.78 is 45.3. The monoisotopic (exact) mass is 549 g/mol. The molecular weight excluding hydrogens is 519 g/mol. The molecule has 1 fully saturated rings. The van der Waals surface area contributed by atoms with Gasteiger partial charge in [-0.1, -0.05) is 12.1 Å². The van der Waals surface area contributed by atoms with Crippen LogP contribution in [-0.4, -0.2) is 43.7 Å². The van der Waals surface area contributed by atoms with Crippen LogP contribution in [0.15, 0.2) is 54.7 Å². The summed E-state index contributed by atoms with van der Waals surface area (Å²) in [6.45, 7) is 4.08. The first-order valence-electron chi connectivity index (χ1n) is 13.3. The summed E-state index contributed by atoms with van der Waals surface area (Å²) >= 11 is 0. The topological polar surface area (TPSA) is 95.5 Å². The Bertz CT molecular complexity index is 1460. The van der Waals surface area contributed by atoms with Crippen LogP contribution in [0.1, 0.15) is 42.9 Å². The summed E-state index contributed by atoms with van der Waals surface area (Å²) in [6, 6.07) is 15.1. The van der Waals surface area contributed by atoms with E-state index >= 15 is 0 Å². The van der Waals surface area contributed by atoms with Crippen LogP contribution in [0.2, 0.25) is 0 Å². The number of carbonyl (C=O) groups excluding carboxylic acids is 1. The Labute approximate surface area is 231 Å². The summed E-state index contributed by atoms with van der Waals surface area (Å²) in [5, 5.41) is 9.58. The zero-order valence-corrected chi connectivity index (χ0v) is 22.2. The van der Waals surface area contributed by atoms with Gasteiger partial charge in [-0.3, -0.25) is 4.79 Å². The number of hydrogen-bond acceptors (Lipinski definition) is 6. The highest BCUT2D eigenvalue weighted by molar-refractivity contribution is 5.99. The normalized spacial score (nSPS) is 16.6. The number of pyridine rings is 1. The second-order valence-electron chi connectivity index (χ2n) is 10.1. The van der Waals surface area contributed by atoms with Gasteiger partial charge < -0.3 is 20.3 Å². The van der Waals surface area contributed by atoms with Crippen molar-refractivity contribution < 1.29 is 22.7 Å². The molecule has 2 aromatic carbocycles. The number of anilines is 2. The minimum absolute atomic E-state index is 0.00740. The second-order valence-corrected chi connectivity index (χ2v) is 10.1. The van der Waals surface area contributed by atoms with E-state index < -0.39 is 17.2 Å². The summed E-state index contributed by atoms with van der Waals surface area (Å²) in [6.07, 6.45) is -1.29. The first-order chi connectivity index (χ1) is 19.2. The van der Waals surface area contributed by atoms with Crippen molar-refractivity contribution >= 4 is 17.3 Å². The van der Waals surface area contributed by atoms with Crippen molar-refractivity contribution in [1.29, 1.82) is 5.26 Å². The van der Waals surface area contributed by atoms with E-state index in [1.807, 2.05) is 42.2 Å². The highest BCUT2D eigenvalue weighted by Gasteiger charge is 2.45. The van der Waals surface area contributed by atoms with E-state index in [0.29, 0.717) is 63.6 Å². The van der Waals surface area contributed by atoms with Crippen molar-refractivity contribution in [2.75, 3.05) is 42.6 Å². The lowest BCUT2D eigenvalue weighted by Gasteiger charge is -2.48. The lowest BCUT2D eigenvalue weighted by Crippen LogP contribution is -2.51. The number of hydrogen-bond donors (Lipinski definition) is 1. The van der Waals surface area contributed by atoms with Crippen LogP contribution in [0.3, 0.4) is 0 Å². The molecule has 0 unspecified atom stereocenters. The molecule has 208 valence electrons. The Morgan fingerprint density at radius 2 is 1.90 bits per heavy atom. The average molecular weight is 550 g/mol. The molecule has 7 nitrogen and oxygen atoms in total. The first kappa shape index (κ1) is 27.5. The number of amides is 1. The van der Waals surface area contributed by atoms with Gasteiger partial charge in [0.15, 0.2) is 0 Å². The van der Waals surface area contributed by atoms with E-state index in [-0.39, 0.29) is 11.5 Å². The summed E-state index contributed by atoms with van der Waals surface area (Å²) in [7, 11) is 0. The standard InChI is InChI=1S/C30H30F3N5O2/c1-2-40-28-23(4-3-12-36-28)20-5-7-24-26(17-20)38(15-11-34)27(39)18-29(24)9-13-37(14-10-29)25-8-6-22(30(31,32)33)16-21(25)19-35/h3-8,12,16-17H,2,9-11,13-15,18,34H2,1H3. The van der Waals surface area contributed by atoms with E-state index in [1.54, 1.807) is 11.1 Å². The largest absolute Gasteiger partial charge is 0.478 e. The maximum atomic E-state index is 13.5. The van der Waals surface area contributed by atoms with Gasteiger partial charge in [-0.2, -0.15) is 18.4 Å². The minimum atomic E-state index is -4.52. The number of nitrogens with two attached hydrogens (primary N) is 1. The van der Waals surface area contributed by atoms with Crippen LogP contribution < -0.4 is 20.3 Å². The molecule has 1 aromatic heterocycles. The van der Waals surface area contributed by atoms with Crippen molar-refractivity contribution in [3.63, 3.8) is 0 Å². The minimum Gasteiger partial charge on any atom is -0.478 e. The predicted molar refractivity (Wildman–Crippen MR) is 146 cm³/mol. The number of benzene rings is 2. The number of carbonyl (C=O) groups is 1. The zero-order valence-electron chi connectivity index (χ0n) is 22.2. The summed E-state index contributed by atoms with van der Waals surface area (Å²) in [4.78, 5) is 21.5. The average Bonchev–Trinajstić information content (AvgIpc) is 2.95. The maximum absolute atomic E-state index is 13.5. The molecule has 3 heterocycles. The van der Waals surface area contributed by atoms with E-state index in [9.17, 15) is 23.2 Å². The van der Waals surface area contributed by atoms with E-state index in [4.69, 9.17) is 10.5 Å². The zero-order chi connectivity index (χ0) is 28.5. The van der Waals surface area contributed by atoms with E-state index in [0.717, 1.165) is 34.5 Å². The third kappa shape index (κ3) is 4.97. The molecule has 0 saturated carbocycles. The van der Waals surface area contributed by atoms with Crippen molar-refractivity contribution in [1.82, 2.24) is 4.98 Å². The summed E-state index contributed by atoms with van der Waals surface area (Å²) in [5.74, 6) is 0.511. The fraction of sp³-hybridized carbons (Fsp3) is 0.367. The molecule has 2 N–H and O–H groups in total. The number of rotatable bonds is 6. The summed E-state index contributed by atoms with van der Waals surface area (Å²) in [5.41, 5.74) is 8.65. The van der Waals surface area contributed by atoms with Gasteiger partial charge in [0.1, 0.15) is 6.07 Å². The Morgan fingerprint density at radius 1 is 1.12 bits per heavy atom. The molecule has 0 aliphatic carbocycles. The van der Waals surface area contributed by atoms with Crippen molar-refractivity contribution in [3.8, 4) is 23.1 Å². The number of nitriles is 1. The van der Waals surface area contributed by atoms with Gasteiger partial charge in [0, 0.05) is 55.5 Å². The Morgan fingerprint density at radius 3 is 2.58 bits per heavy atom. The molecule has 0 radical (unpaired) electrons. The third-order valence-electron chi connectivity index (χ3n) is 7.87. The van der Waals surface area contributed by atoms with Crippen LogP contribution in [-0.2, 0) is 16.4 Å². The molecular formula is C30H30F3N5O2. The van der Waals surface area contributed by atoms with Crippen molar-refractivity contribution in [3.05, 3.63) is 71.4 Å². The molecule has 2 aliphatic heterocycles. The SMILES string of the molecule is CCOc1ncccc1-c1ccc2c(c1)N(CCN)C(=O)CC21CCN(c2ccc(C(F)(F)F)cc2C#N)CC1. The second kappa shape index (κ2) is 10.8. The molecule has 0 bridgehead atoms. The lowest BCUT2D eigenvalue weighted by molar-refractivity contribution is -0.137. The predicted octanol–water partition coefficient (Wildman–Crippen LogP) is 5.27. The molecule has 1 saturated heterocycles. The highest BCUT2D eigenvalue weighted by Crippen LogP contribution is 2.49. The van der Waals surface area contributed by atoms with Gasteiger partial charge in [0.25, 0.3) is 0 Å². The third-order valence-corrected chi connectivity index (χ3v) is 7.87. The van der Waals surface area contributed by atoms with E-state index in [1.165, 1.54) is 6.07 Å². The van der Waals surface area contributed by atoms with Gasteiger partial charge in [0.05, 0.1) is 23.4 Å². The number of piperidine rings is 1. The van der Waals surface area contributed by atoms with Crippen LogP contribution in [0, 0.1) is 11.3 Å². The Kier molecular flexibility index (Phi) is 7.43. The van der Waals surface area contributed by atoms with Crippen LogP contribution in [0.25, 0.3) is 11.1 Å². The van der Waals surface area contributed by atoms with E-state index in [2.05, 4.69) is 11.1 Å². The molecule has 3 aromatic rings. The number of ether oxygens (including phenoxy) is 1. The van der Waals surface area contributed by atoms with Crippen LogP contribution >= 0.6 is 0 Å². The fourth-order valence-corrected chi connectivity index (χ4v) is 5.92. The highest BCUT2D eigenvalue weighted by atomic mass is 19.4. The smallest absolute Gasteiger partial charge is 0.416 e. The van der Waals surface area contributed by atoms with Gasteiger partial charge in [0.2, 0.25) is 11.8 Å². The van der Waals surface area contributed by atoms with Gasteiger partial charge in [-0.25, -0.2) is 4.98 Å². The fourth-order valence-electron chi connectivity index (χ4n) is 5.92. The molecule has 0 atom stereocenters. The quantitative estimate of drug-likeness (QED) is 0.450. The number of alkyl halides is 3. The number of nitrogens with zero attached hydrogens (tertiary/aromatic N) is 4. The maximum Gasteiger partial charge on any atom is 0.416 e. The Balaban J connectivity index is 1.49. The Hall–Kier alpha value is -4.10.